The third kappa shape index (κ3) is 2.29. The molecule has 1 aromatic carbocycles. The van der Waals surface area contributed by atoms with Gasteiger partial charge >= 0.3 is 0 Å². The molecule has 0 spiro atoms. The molecule has 2 nitrogen and oxygen atoms in total. The number of benzene rings is 1. The minimum Gasteiger partial charge on any atom is -0.496 e. The van der Waals surface area contributed by atoms with Crippen LogP contribution in [0.25, 0.3) is 0 Å². The highest BCUT2D eigenvalue weighted by Gasteiger charge is 2.22. The van der Waals surface area contributed by atoms with Crippen LogP contribution in [0.4, 0.5) is 0 Å². The van der Waals surface area contributed by atoms with Crippen LogP contribution in [-0.2, 0) is 0 Å². The van der Waals surface area contributed by atoms with E-state index in [-0.39, 0.29) is 0 Å². The Hall–Kier alpha value is -0.670. The highest BCUT2D eigenvalue weighted by atomic mass is 32.2. The van der Waals surface area contributed by atoms with E-state index in [1.807, 2.05) is 11.8 Å². The molecule has 0 aromatic heterocycles. The van der Waals surface area contributed by atoms with Crippen LogP contribution in [0, 0.1) is 6.92 Å². The molecule has 0 bridgehead atoms. The fourth-order valence-electron chi connectivity index (χ4n) is 1.86. The maximum Gasteiger partial charge on any atom is 0.121 e. The van der Waals surface area contributed by atoms with E-state index >= 15 is 0 Å². The average molecular weight is 223 g/mol. The first-order chi connectivity index (χ1) is 7.20. The van der Waals surface area contributed by atoms with Crippen LogP contribution in [0.3, 0.4) is 0 Å². The minimum absolute atomic E-state index is 0.449. The molecule has 2 unspecified atom stereocenters. The highest BCUT2D eigenvalue weighted by molar-refractivity contribution is 8.00. The lowest BCUT2D eigenvalue weighted by molar-refractivity contribution is 0.411. The molecule has 15 heavy (non-hydrogen) atoms. The third-order valence-electron chi connectivity index (χ3n) is 2.68. The monoisotopic (exact) mass is 223 g/mol. The van der Waals surface area contributed by atoms with Gasteiger partial charge in [-0.25, -0.2) is 0 Å². The second kappa shape index (κ2) is 4.45. The Kier molecular flexibility index (Phi) is 3.22. The van der Waals surface area contributed by atoms with Gasteiger partial charge in [-0.15, -0.1) is 11.8 Å². The number of thioether (sulfide) groups is 1. The lowest BCUT2D eigenvalue weighted by Gasteiger charge is -2.12. The summed E-state index contributed by atoms with van der Waals surface area (Å²) in [5, 5.41) is 4.66. The van der Waals surface area contributed by atoms with Gasteiger partial charge < -0.3 is 10.1 Å². The standard InChI is InChI=1S/C12H17NOS/c1-8-6-10(4-5-11(8)14-3)12-13-7-9(2)15-12/h4-6,9,12-13H,7H2,1-3H3. The zero-order chi connectivity index (χ0) is 10.8. The van der Waals surface area contributed by atoms with E-state index in [0.717, 1.165) is 12.3 Å². The van der Waals surface area contributed by atoms with Crippen molar-refractivity contribution in [3.8, 4) is 5.75 Å². The number of rotatable bonds is 2. The zero-order valence-electron chi connectivity index (χ0n) is 9.41. The van der Waals surface area contributed by atoms with Crippen molar-refractivity contribution >= 4 is 11.8 Å². The first kappa shape index (κ1) is 10.8. The first-order valence-electron chi connectivity index (χ1n) is 5.24. The summed E-state index contributed by atoms with van der Waals surface area (Å²) in [5.74, 6) is 0.967. The number of ether oxygens (including phenoxy) is 1. The van der Waals surface area contributed by atoms with Gasteiger partial charge in [0.2, 0.25) is 0 Å². The molecule has 3 heteroatoms. The molecule has 2 atom stereocenters. The second-order valence-corrected chi connectivity index (χ2v) is 5.51. The molecule has 1 aromatic rings. The Morgan fingerprint density at radius 1 is 1.47 bits per heavy atom. The summed E-state index contributed by atoms with van der Waals surface area (Å²) in [6.45, 7) is 5.44. The summed E-state index contributed by atoms with van der Waals surface area (Å²) < 4.78 is 5.26. The van der Waals surface area contributed by atoms with Crippen molar-refractivity contribution in [1.29, 1.82) is 0 Å². The van der Waals surface area contributed by atoms with E-state index in [2.05, 4.69) is 37.4 Å². The van der Waals surface area contributed by atoms with Gasteiger partial charge in [-0.3, -0.25) is 0 Å². The van der Waals surface area contributed by atoms with Gasteiger partial charge in [-0.1, -0.05) is 13.0 Å². The smallest absolute Gasteiger partial charge is 0.121 e. The molecule has 0 saturated carbocycles. The largest absolute Gasteiger partial charge is 0.496 e. The fraction of sp³-hybridized carbons (Fsp3) is 0.500. The van der Waals surface area contributed by atoms with Crippen molar-refractivity contribution in [3.05, 3.63) is 29.3 Å². The second-order valence-electron chi connectivity index (χ2n) is 3.96. The van der Waals surface area contributed by atoms with Crippen LogP contribution < -0.4 is 10.1 Å². The molecular formula is C12H17NOS. The SMILES string of the molecule is COc1ccc(C2NCC(C)S2)cc1C. The maximum absolute atomic E-state index is 5.26. The quantitative estimate of drug-likeness (QED) is 0.833. The molecule has 82 valence electrons. The Morgan fingerprint density at radius 3 is 2.80 bits per heavy atom. The van der Waals surface area contributed by atoms with Gasteiger partial charge in [0, 0.05) is 11.8 Å². The van der Waals surface area contributed by atoms with Crippen LogP contribution in [-0.4, -0.2) is 18.9 Å². The molecule has 1 saturated heterocycles. The van der Waals surface area contributed by atoms with Crippen LogP contribution in [0.1, 0.15) is 23.4 Å². The van der Waals surface area contributed by atoms with E-state index in [1.165, 1.54) is 11.1 Å². The van der Waals surface area contributed by atoms with Crippen LogP contribution in [0.5, 0.6) is 5.75 Å². The normalized spacial score (nSPS) is 25.5. The van der Waals surface area contributed by atoms with E-state index in [9.17, 15) is 0 Å². The van der Waals surface area contributed by atoms with Crippen molar-refractivity contribution in [3.63, 3.8) is 0 Å². The van der Waals surface area contributed by atoms with Crippen LogP contribution >= 0.6 is 11.8 Å². The third-order valence-corrected chi connectivity index (χ3v) is 4.02. The van der Waals surface area contributed by atoms with Crippen molar-refractivity contribution < 1.29 is 4.74 Å². The van der Waals surface area contributed by atoms with Gasteiger partial charge in [-0.2, -0.15) is 0 Å². The lowest BCUT2D eigenvalue weighted by atomic mass is 10.1. The topological polar surface area (TPSA) is 21.3 Å². The predicted octanol–water partition coefficient (Wildman–Crippen LogP) is 2.73. The molecule has 1 heterocycles. The Balaban J connectivity index is 2.19. The van der Waals surface area contributed by atoms with Gasteiger partial charge in [0.25, 0.3) is 0 Å². The maximum atomic E-state index is 5.26. The minimum atomic E-state index is 0.449. The van der Waals surface area contributed by atoms with E-state index < -0.39 is 0 Å². The number of methoxy groups -OCH3 is 1. The Morgan fingerprint density at radius 2 is 2.27 bits per heavy atom. The Labute approximate surface area is 95.4 Å². The fourth-order valence-corrected chi connectivity index (χ4v) is 3.02. The molecule has 0 aliphatic carbocycles. The highest BCUT2D eigenvalue weighted by Crippen LogP contribution is 2.35. The molecule has 1 N–H and O–H groups in total. The molecule has 1 aliphatic heterocycles. The summed E-state index contributed by atoms with van der Waals surface area (Å²) >= 11 is 1.99. The molecular weight excluding hydrogens is 206 g/mol. The number of nitrogens with one attached hydrogen (secondary N) is 1. The lowest BCUT2D eigenvalue weighted by Crippen LogP contribution is -2.13. The first-order valence-corrected chi connectivity index (χ1v) is 6.18. The van der Waals surface area contributed by atoms with Crippen LogP contribution in [0.15, 0.2) is 18.2 Å². The van der Waals surface area contributed by atoms with Crippen molar-refractivity contribution in [1.82, 2.24) is 5.32 Å². The van der Waals surface area contributed by atoms with Gasteiger partial charge in [-0.05, 0) is 30.2 Å². The zero-order valence-corrected chi connectivity index (χ0v) is 10.2. The Bertz CT molecular complexity index is 353. The van der Waals surface area contributed by atoms with Gasteiger partial charge in [0.1, 0.15) is 5.75 Å². The predicted molar refractivity (Wildman–Crippen MR) is 65.5 cm³/mol. The van der Waals surface area contributed by atoms with Crippen molar-refractivity contribution in [2.45, 2.75) is 24.5 Å². The van der Waals surface area contributed by atoms with E-state index in [1.54, 1.807) is 7.11 Å². The summed E-state index contributed by atoms with van der Waals surface area (Å²) in [6, 6.07) is 6.41. The number of hydrogen-bond acceptors (Lipinski definition) is 3. The van der Waals surface area contributed by atoms with E-state index in [4.69, 9.17) is 4.74 Å². The molecule has 1 fully saturated rings. The van der Waals surface area contributed by atoms with Crippen molar-refractivity contribution in [2.24, 2.45) is 0 Å². The number of aryl methyl sites for hydroxylation is 1. The van der Waals surface area contributed by atoms with Gasteiger partial charge in [0.15, 0.2) is 0 Å². The molecule has 0 radical (unpaired) electrons. The summed E-state index contributed by atoms with van der Waals surface area (Å²) in [4.78, 5) is 0. The molecule has 0 amide bonds. The average Bonchev–Trinajstić information content (AvgIpc) is 2.65. The summed E-state index contributed by atoms with van der Waals surface area (Å²) in [5.41, 5.74) is 2.56. The molecule has 1 aliphatic rings. The van der Waals surface area contributed by atoms with Crippen molar-refractivity contribution in [2.75, 3.05) is 13.7 Å². The van der Waals surface area contributed by atoms with E-state index in [0.29, 0.717) is 10.6 Å². The molecule has 2 rings (SSSR count). The summed E-state index contributed by atoms with van der Waals surface area (Å²) in [6.07, 6.45) is 0. The summed E-state index contributed by atoms with van der Waals surface area (Å²) in [7, 11) is 1.71. The van der Waals surface area contributed by atoms with Crippen LogP contribution in [0.2, 0.25) is 0 Å². The van der Waals surface area contributed by atoms with Gasteiger partial charge in [0.05, 0.1) is 12.5 Å². The number of hydrogen-bond donors (Lipinski definition) is 1.